The van der Waals surface area contributed by atoms with Crippen LogP contribution in [0.4, 0.5) is 5.69 Å². The molecule has 0 aliphatic carbocycles. The van der Waals surface area contributed by atoms with Crippen molar-refractivity contribution in [3.8, 4) is 0 Å². The molecule has 84 valence electrons. The summed E-state index contributed by atoms with van der Waals surface area (Å²) in [6, 6.07) is 7.58. The SMILES string of the molecule is NC(=O)C1CC2(CN1)ONc1ccccc12. The number of amides is 1. The number of carbonyl (C=O) groups is 1. The van der Waals surface area contributed by atoms with Gasteiger partial charge in [0.05, 0.1) is 11.7 Å². The van der Waals surface area contributed by atoms with E-state index in [2.05, 4.69) is 10.8 Å². The predicted octanol–water partition coefficient (Wildman–Crippen LogP) is 0.0862. The van der Waals surface area contributed by atoms with Crippen molar-refractivity contribution < 1.29 is 9.63 Å². The highest BCUT2D eigenvalue weighted by Crippen LogP contribution is 2.43. The first-order chi connectivity index (χ1) is 7.71. The Morgan fingerprint density at radius 1 is 1.50 bits per heavy atom. The largest absolute Gasteiger partial charge is 0.368 e. The van der Waals surface area contributed by atoms with Gasteiger partial charge >= 0.3 is 0 Å². The van der Waals surface area contributed by atoms with Gasteiger partial charge in [0.1, 0.15) is 5.60 Å². The van der Waals surface area contributed by atoms with Crippen LogP contribution in [-0.4, -0.2) is 18.5 Å². The zero-order chi connectivity index (χ0) is 11.2. The maximum absolute atomic E-state index is 11.1. The van der Waals surface area contributed by atoms with E-state index in [-0.39, 0.29) is 11.9 Å². The number of para-hydroxylation sites is 1. The summed E-state index contributed by atoms with van der Waals surface area (Å²) in [6.45, 7) is 0.602. The van der Waals surface area contributed by atoms with Crippen LogP contribution < -0.4 is 16.5 Å². The van der Waals surface area contributed by atoms with E-state index in [1.807, 2.05) is 24.3 Å². The molecular weight excluding hydrogens is 206 g/mol. The molecule has 0 saturated carbocycles. The summed E-state index contributed by atoms with van der Waals surface area (Å²) in [5.41, 5.74) is 9.80. The summed E-state index contributed by atoms with van der Waals surface area (Å²) < 4.78 is 0. The van der Waals surface area contributed by atoms with Gasteiger partial charge in [0.15, 0.2) is 0 Å². The van der Waals surface area contributed by atoms with Crippen molar-refractivity contribution in [3.05, 3.63) is 29.8 Å². The number of nitrogens with two attached hydrogens (primary N) is 1. The molecule has 5 nitrogen and oxygen atoms in total. The number of hydrogen-bond donors (Lipinski definition) is 3. The average molecular weight is 219 g/mol. The van der Waals surface area contributed by atoms with Gasteiger partial charge in [0, 0.05) is 18.5 Å². The molecule has 16 heavy (non-hydrogen) atoms. The maximum Gasteiger partial charge on any atom is 0.234 e. The quantitative estimate of drug-likeness (QED) is 0.625. The number of rotatable bonds is 1. The Morgan fingerprint density at radius 2 is 2.31 bits per heavy atom. The molecule has 5 heteroatoms. The molecular formula is C11H13N3O2. The number of carbonyl (C=O) groups excluding carboxylic acids is 1. The highest BCUT2D eigenvalue weighted by atomic mass is 16.7. The lowest BCUT2D eigenvalue weighted by atomic mass is 9.91. The van der Waals surface area contributed by atoms with Crippen LogP contribution in [0.1, 0.15) is 12.0 Å². The lowest BCUT2D eigenvalue weighted by molar-refractivity contribution is -0.120. The fourth-order valence-corrected chi connectivity index (χ4v) is 2.42. The molecule has 0 radical (unpaired) electrons. The molecule has 2 unspecified atom stereocenters. The molecule has 2 heterocycles. The van der Waals surface area contributed by atoms with Crippen molar-refractivity contribution in [2.24, 2.45) is 5.73 Å². The van der Waals surface area contributed by atoms with Crippen LogP contribution >= 0.6 is 0 Å². The Morgan fingerprint density at radius 3 is 3.06 bits per heavy atom. The molecule has 1 aromatic carbocycles. The Hall–Kier alpha value is -1.59. The summed E-state index contributed by atoms with van der Waals surface area (Å²) in [6.07, 6.45) is 0.576. The number of hydrogen-bond acceptors (Lipinski definition) is 4. The van der Waals surface area contributed by atoms with Crippen LogP contribution in [0.25, 0.3) is 0 Å². The van der Waals surface area contributed by atoms with Gasteiger partial charge in [0.25, 0.3) is 0 Å². The Kier molecular flexibility index (Phi) is 1.92. The first-order valence-corrected chi connectivity index (χ1v) is 5.27. The molecule has 1 fully saturated rings. The standard InChI is InChI=1S/C11H13N3O2/c12-10(15)9-5-11(6-13-9)7-3-1-2-4-8(7)14-16-11/h1-4,9,13-14H,5-6H2,(H2,12,15). The van der Waals surface area contributed by atoms with Crippen molar-refractivity contribution in [3.63, 3.8) is 0 Å². The Bertz CT molecular complexity index is 449. The van der Waals surface area contributed by atoms with Gasteiger partial charge in [-0.1, -0.05) is 18.2 Å². The van der Waals surface area contributed by atoms with Gasteiger partial charge in [-0.2, -0.15) is 0 Å². The number of nitrogens with one attached hydrogen (secondary N) is 2. The fourth-order valence-electron chi connectivity index (χ4n) is 2.42. The smallest absolute Gasteiger partial charge is 0.234 e. The number of anilines is 1. The average Bonchev–Trinajstić information content (AvgIpc) is 2.87. The zero-order valence-corrected chi connectivity index (χ0v) is 8.69. The summed E-state index contributed by atoms with van der Waals surface area (Å²) in [5.74, 6) is -0.329. The topological polar surface area (TPSA) is 76.4 Å². The highest BCUT2D eigenvalue weighted by Gasteiger charge is 2.48. The third-order valence-corrected chi connectivity index (χ3v) is 3.29. The van der Waals surface area contributed by atoms with E-state index in [0.29, 0.717) is 13.0 Å². The van der Waals surface area contributed by atoms with Gasteiger partial charge < -0.3 is 11.1 Å². The van der Waals surface area contributed by atoms with Crippen LogP contribution in [0.15, 0.2) is 24.3 Å². The number of primary amides is 1. The first kappa shape index (κ1) is 9.62. The van der Waals surface area contributed by atoms with Gasteiger partial charge in [-0.25, -0.2) is 0 Å². The summed E-state index contributed by atoms with van der Waals surface area (Å²) in [5, 5.41) is 3.09. The fraction of sp³-hybridized carbons (Fsp3) is 0.364. The second kappa shape index (κ2) is 3.20. The molecule has 2 aliphatic rings. The minimum Gasteiger partial charge on any atom is -0.368 e. The Balaban J connectivity index is 1.95. The Labute approximate surface area is 92.9 Å². The highest BCUT2D eigenvalue weighted by molar-refractivity contribution is 5.80. The van der Waals surface area contributed by atoms with E-state index in [4.69, 9.17) is 10.6 Å². The van der Waals surface area contributed by atoms with E-state index in [1.54, 1.807) is 0 Å². The van der Waals surface area contributed by atoms with E-state index in [0.717, 1.165) is 11.3 Å². The molecule has 2 atom stereocenters. The van der Waals surface area contributed by atoms with E-state index in [9.17, 15) is 4.79 Å². The van der Waals surface area contributed by atoms with Gasteiger partial charge in [-0.3, -0.25) is 15.1 Å². The van der Waals surface area contributed by atoms with Crippen LogP contribution in [0.2, 0.25) is 0 Å². The molecule has 1 saturated heterocycles. The summed E-state index contributed by atoms with van der Waals surface area (Å²) in [4.78, 5) is 16.8. The van der Waals surface area contributed by atoms with Crippen LogP contribution in [0.3, 0.4) is 0 Å². The first-order valence-electron chi connectivity index (χ1n) is 5.27. The minimum absolute atomic E-state index is 0.312. The third-order valence-electron chi connectivity index (χ3n) is 3.29. The molecule has 1 spiro atoms. The molecule has 0 bridgehead atoms. The second-order valence-corrected chi connectivity index (χ2v) is 4.28. The molecule has 4 N–H and O–H groups in total. The summed E-state index contributed by atoms with van der Waals surface area (Å²) in [7, 11) is 0. The molecule has 2 aliphatic heterocycles. The third kappa shape index (κ3) is 1.22. The molecule has 0 aromatic heterocycles. The van der Waals surface area contributed by atoms with E-state index < -0.39 is 5.60 Å². The number of fused-ring (bicyclic) bond motifs is 2. The molecule has 1 amide bonds. The van der Waals surface area contributed by atoms with Gasteiger partial charge in [0.2, 0.25) is 5.91 Å². The molecule has 1 aromatic rings. The number of benzene rings is 1. The van der Waals surface area contributed by atoms with Crippen LogP contribution in [0.5, 0.6) is 0 Å². The van der Waals surface area contributed by atoms with Crippen molar-refractivity contribution in [2.45, 2.75) is 18.1 Å². The van der Waals surface area contributed by atoms with Gasteiger partial charge in [-0.15, -0.1) is 0 Å². The lowest BCUT2D eigenvalue weighted by Crippen LogP contribution is -2.36. The summed E-state index contributed by atoms with van der Waals surface area (Å²) >= 11 is 0. The van der Waals surface area contributed by atoms with Gasteiger partial charge in [-0.05, 0) is 6.07 Å². The van der Waals surface area contributed by atoms with E-state index in [1.165, 1.54) is 0 Å². The van der Waals surface area contributed by atoms with Crippen LogP contribution in [-0.2, 0) is 15.2 Å². The maximum atomic E-state index is 11.1. The second-order valence-electron chi connectivity index (χ2n) is 4.28. The van der Waals surface area contributed by atoms with Crippen molar-refractivity contribution in [1.82, 2.24) is 5.32 Å². The van der Waals surface area contributed by atoms with E-state index >= 15 is 0 Å². The van der Waals surface area contributed by atoms with Crippen molar-refractivity contribution >= 4 is 11.6 Å². The lowest BCUT2D eigenvalue weighted by Gasteiger charge is -2.20. The zero-order valence-electron chi connectivity index (χ0n) is 8.69. The van der Waals surface area contributed by atoms with Crippen LogP contribution in [0, 0.1) is 0 Å². The van der Waals surface area contributed by atoms with Crippen molar-refractivity contribution in [2.75, 3.05) is 12.0 Å². The van der Waals surface area contributed by atoms with Crippen molar-refractivity contribution in [1.29, 1.82) is 0 Å². The monoisotopic (exact) mass is 219 g/mol. The predicted molar refractivity (Wildman–Crippen MR) is 58.4 cm³/mol. The normalized spacial score (nSPS) is 31.4. The molecule has 3 rings (SSSR count). The minimum atomic E-state index is -0.448.